The van der Waals surface area contributed by atoms with Crippen molar-refractivity contribution >= 4 is 47.7 Å². The molecule has 8 heteroatoms. The highest BCUT2D eigenvalue weighted by molar-refractivity contribution is 7.09. The number of rotatable bonds is 2. The van der Waals surface area contributed by atoms with Crippen LogP contribution < -0.4 is 10.6 Å². The predicted molar refractivity (Wildman–Crippen MR) is 99.0 cm³/mol. The lowest BCUT2D eigenvalue weighted by Crippen LogP contribution is -2.34. The molecule has 2 aromatic rings. The van der Waals surface area contributed by atoms with Crippen LogP contribution in [0.4, 0.5) is 5.69 Å². The largest absolute Gasteiger partial charge is 0.373 e. The Kier molecular flexibility index (Phi) is 7.28. The van der Waals surface area contributed by atoms with Crippen LogP contribution in [-0.2, 0) is 13.1 Å². The number of fused-ring (bicyclic) bond motifs is 1. The Labute approximate surface area is 152 Å². The van der Waals surface area contributed by atoms with Crippen LogP contribution in [0.1, 0.15) is 21.1 Å². The van der Waals surface area contributed by atoms with Crippen molar-refractivity contribution in [2.24, 2.45) is 5.73 Å². The van der Waals surface area contributed by atoms with Crippen LogP contribution in [-0.4, -0.2) is 35.9 Å². The van der Waals surface area contributed by atoms with Gasteiger partial charge < -0.3 is 15.5 Å². The van der Waals surface area contributed by atoms with Crippen molar-refractivity contribution < 1.29 is 4.79 Å². The van der Waals surface area contributed by atoms with E-state index in [2.05, 4.69) is 29.1 Å². The van der Waals surface area contributed by atoms with Crippen molar-refractivity contribution in [3.8, 4) is 0 Å². The lowest BCUT2D eigenvalue weighted by molar-refractivity contribution is 0.0746. The minimum Gasteiger partial charge on any atom is -0.373 e. The Bertz CT molecular complexity index is 664. The highest BCUT2D eigenvalue weighted by atomic mass is 35.5. The number of thiazole rings is 1. The fraction of sp³-hybridized carbons (Fsp3) is 0.333. The number of aromatic nitrogens is 1. The Morgan fingerprint density at radius 2 is 2.04 bits per heavy atom. The van der Waals surface area contributed by atoms with E-state index < -0.39 is 0 Å². The molecule has 1 aliphatic rings. The lowest BCUT2D eigenvalue weighted by atomic mass is 10.1. The van der Waals surface area contributed by atoms with Gasteiger partial charge in [-0.25, -0.2) is 4.98 Å². The Morgan fingerprint density at radius 1 is 1.30 bits per heavy atom. The van der Waals surface area contributed by atoms with Crippen molar-refractivity contribution in [2.75, 3.05) is 25.0 Å². The Hall–Kier alpha value is -1.34. The quantitative estimate of drug-likeness (QED) is 0.876. The average molecular weight is 375 g/mol. The predicted octanol–water partition coefficient (Wildman–Crippen LogP) is 2.54. The molecule has 3 rings (SSSR count). The van der Waals surface area contributed by atoms with E-state index in [0.717, 1.165) is 11.6 Å². The van der Waals surface area contributed by atoms with Gasteiger partial charge in [0.15, 0.2) is 0 Å². The summed E-state index contributed by atoms with van der Waals surface area (Å²) in [6.45, 7) is 2.51. The van der Waals surface area contributed by atoms with Gasteiger partial charge in [-0.2, -0.15) is 0 Å². The molecule has 0 radical (unpaired) electrons. The van der Waals surface area contributed by atoms with Crippen LogP contribution in [0.2, 0.25) is 0 Å². The van der Waals surface area contributed by atoms with E-state index in [9.17, 15) is 4.79 Å². The molecule has 0 atom stereocenters. The van der Waals surface area contributed by atoms with Gasteiger partial charge in [0.2, 0.25) is 0 Å². The number of hydrogen-bond donors (Lipinski definition) is 1. The van der Waals surface area contributed by atoms with Crippen LogP contribution in [0.5, 0.6) is 0 Å². The van der Waals surface area contributed by atoms with Crippen LogP contribution in [0.25, 0.3) is 0 Å². The number of hydrogen-bond acceptors (Lipinski definition) is 5. The summed E-state index contributed by atoms with van der Waals surface area (Å²) in [6.07, 6.45) is 0. The molecule has 1 aromatic carbocycles. The van der Waals surface area contributed by atoms with Crippen molar-refractivity contribution in [2.45, 2.75) is 13.1 Å². The van der Waals surface area contributed by atoms with Crippen LogP contribution in [0, 0.1) is 0 Å². The first-order valence-electron chi connectivity index (χ1n) is 6.92. The standard InChI is InChI=1S/C15H18N4OS.2ClH/c1-18-6-7-19(9-11-4-2-3-5-13(11)18)15(20)12-10-21-14(8-16)17-12;;/h2-5,10H,6-9,16H2,1H3;2*1H. The molecule has 0 unspecified atom stereocenters. The number of benzene rings is 1. The van der Waals surface area contributed by atoms with Gasteiger partial charge in [0.1, 0.15) is 10.7 Å². The third-order valence-corrected chi connectivity index (χ3v) is 4.57. The summed E-state index contributed by atoms with van der Waals surface area (Å²) in [4.78, 5) is 21.0. The summed E-state index contributed by atoms with van der Waals surface area (Å²) in [5.74, 6) is -0.0175. The summed E-state index contributed by atoms with van der Waals surface area (Å²) in [5, 5.41) is 2.59. The minimum atomic E-state index is -0.0175. The van der Waals surface area contributed by atoms with Crippen molar-refractivity contribution in [3.63, 3.8) is 0 Å². The SMILES string of the molecule is CN1CCN(C(=O)c2csc(CN)n2)Cc2ccccc21.Cl.Cl. The Morgan fingerprint density at radius 3 is 2.74 bits per heavy atom. The number of amides is 1. The van der Waals surface area contributed by atoms with Crippen LogP contribution >= 0.6 is 36.2 Å². The fourth-order valence-electron chi connectivity index (χ4n) is 2.53. The molecule has 23 heavy (non-hydrogen) atoms. The maximum absolute atomic E-state index is 12.6. The van der Waals surface area contributed by atoms with E-state index in [4.69, 9.17) is 5.73 Å². The molecule has 1 aliphatic heterocycles. The minimum absolute atomic E-state index is 0. The summed E-state index contributed by atoms with van der Waals surface area (Å²) >= 11 is 1.44. The number of carbonyl (C=O) groups excluding carboxylic acids is 1. The number of nitrogens with zero attached hydrogens (tertiary/aromatic N) is 3. The highest BCUT2D eigenvalue weighted by Crippen LogP contribution is 2.24. The lowest BCUT2D eigenvalue weighted by Gasteiger charge is -2.20. The summed E-state index contributed by atoms with van der Waals surface area (Å²) in [6, 6.07) is 8.21. The first kappa shape index (κ1) is 19.7. The van der Waals surface area contributed by atoms with Crippen molar-refractivity contribution in [1.29, 1.82) is 0 Å². The second-order valence-electron chi connectivity index (χ2n) is 5.11. The number of anilines is 1. The summed E-state index contributed by atoms with van der Waals surface area (Å²) in [5.41, 5.74) is 8.42. The molecule has 1 amide bonds. The van der Waals surface area contributed by atoms with Crippen molar-refractivity contribution in [1.82, 2.24) is 9.88 Å². The van der Waals surface area contributed by atoms with E-state index >= 15 is 0 Å². The molecule has 5 nitrogen and oxygen atoms in total. The van der Waals surface area contributed by atoms with Gasteiger partial charge in [0, 0.05) is 44.3 Å². The molecule has 2 heterocycles. The van der Waals surface area contributed by atoms with E-state index in [0.29, 0.717) is 25.3 Å². The van der Waals surface area contributed by atoms with Gasteiger partial charge in [0.25, 0.3) is 5.91 Å². The summed E-state index contributed by atoms with van der Waals surface area (Å²) < 4.78 is 0. The van der Waals surface area contributed by atoms with E-state index in [1.807, 2.05) is 17.0 Å². The normalized spacial score (nSPS) is 13.5. The molecule has 0 spiro atoms. The van der Waals surface area contributed by atoms with E-state index in [1.165, 1.54) is 22.6 Å². The van der Waals surface area contributed by atoms with E-state index in [-0.39, 0.29) is 30.7 Å². The van der Waals surface area contributed by atoms with E-state index in [1.54, 1.807) is 5.38 Å². The molecule has 0 bridgehead atoms. The number of carbonyl (C=O) groups is 1. The fourth-order valence-corrected chi connectivity index (χ4v) is 3.18. The maximum atomic E-state index is 12.6. The average Bonchev–Trinajstić information content (AvgIpc) is 2.93. The third-order valence-electron chi connectivity index (χ3n) is 3.70. The van der Waals surface area contributed by atoms with Gasteiger partial charge >= 0.3 is 0 Å². The molecule has 0 aliphatic carbocycles. The highest BCUT2D eigenvalue weighted by Gasteiger charge is 2.23. The van der Waals surface area contributed by atoms with Crippen LogP contribution in [0.15, 0.2) is 29.6 Å². The third kappa shape index (κ3) is 4.14. The first-order chi connectivity index (χ1) is 10.2. The van der Waals surface area contributed by atoms with Gasteiger partial charge in [-0.3, -0.25) is 4.79 Å². The molecule has 0 saturated carbocycles. The van der Waals surface area contributed by atoms with Crippen LogP contribution in [0.3, 0.4) is 0 Å². The zero-order valence-corrected chi connectivity index (χ0v) is 15.2. The van der Waals surface area contributed by atoms with Gasteiger partial charge in [-0.05, 0) is 11.6 Å². The summed E-state index contributed by atoms with van der Waals surface area (Å²) in [7, 11) is 2.06. The van der Waals surface area contributed by atoms with Gasteiger partial charge in [-0.1, -0.05) is 18.2 Å². The van der Waals surface area contributed by atoms with Gasteiger partial charge in [0.05, 0.1) is 0 Å². The number of nitrogens with two attached hydrogens (primary N) is 1. The van der Waals surface area contributed by atoms with Gasteiger partial charge in [-0.15, -0.1) is 36.2 Å². The molecular formula is C15H20Cl2N4OS. The number of likely N-dealkylation sites (N-methyl/N-ethyl adjacent to an activating group) is 1. The zero-order valence-electron chi connectivity index (χ0n) is 12.8. The molecule has 1 aromatic heterocycles. The smallest absolute Gasteiger partial charge is 0.273 e. The van der Waals surface area contributed by atoms with Crippen molar-refractivity contribution in [3.05, 3.63) is 45.9 Å². The Balaban J connectivity index is 0.00000132. The molecule has 2 N–H and O–H groups in total. The zero-order chi connectivity index (χ0) is 14.8. The monoisotopic (exact) mass is 374 g/mol. The molecule has 126 valence electrons. The second kappa shape index (κ2) is 8.49. The maximum Gasteiger partial charge on any atom is 0.273 e. The number of para-hydroxylation sites is 1. The molecule has 0 saturated heterocycles. The molecular weight excluding hydrogens is 355 g/mol. The first-order valence-corrected chi connectivity index (χ1v) is 7.80. The second-order valence-corrected chi connectivity index (χ2v) is 6.05. The number of halogens is 2. The molecule has 0 fully saturated rings. The topological polar surface area (TPSA) is 62.5 Å².